The van der Waals surface area contributed by atoms with Crippen molar-refractivity contribution in [2.75, 3.05) is 40.9 Å². The summed E-state index contributed by atoms with van der Waals surface area (Å²) in [5.41, 5.74) is 0. The monoisotopic (exact) mass is 886 g/mol. The Bertz CT molecular complexity index is 1000. The Morgan fingerprint density at radius 2 is 0.869 bits per heavy atom. The summed E-state index contributed by atoms with van der Waals surface area (Å²) in [6.45, 7) is 4.85. The van der Waals surface area contributed by atoms with Crippen LogP contribution in [0.1, 0.15) is 264 Å². The third-order valence-corrected chi connectivity index (χ3v) is 13.2. The molecule has 0 fully saturated rings. The fourth-order valence-electron chi connectivity index (χ4n) is 8.04. The Morgan fingerprint density at radius 1 is 0.541 bits per heavy atom. The number of phosphoric ester groups is 1. The van der Waals surface area contributed by atoms with Crippen molar-refractivity contribution in [1.29, 1.82) is 0 Å². The third kappa shape index (κ3) is 47.0. The molecule has 0 radical (unpaired) electrons. The molecule has 0 aliphatic carbocycles. The van der Waals surface area contributed by atoms with Crippen LogP contribution >= 0.6 is 7.82 Å². The molecule has 3 N–H and O–H groups in total. The van der Waals surface area contributed by atoms with Gasteiger partial charge in [0.2, 0.25) is 5.91 Å². The molecule has 8 nitrogen and oxygen atoms in total. The van der Waals surface area contributed by atoms with E-state index in [0.717, 1.165) is 38.5 Å². The zero-order valence-electron chi connectivity index (χ0n) is 41.4. The van der Waals surface area contributed by atoms with Crippen molar-refractivity contribution in [3.05, 3.63) is 12.2 Å². The lowest BCUT2D eigenvalue weighted by molar-refractivity contribution is -0.870. The Hall–Kier alpha value is -0.760. The van der Waals surface area contributed by atoms with Gasteiger partial charge in [0, 0.05) is 6.42 Å². The van der Waals surface area contributed by atoms with Gasteiger partial charge >= 0.3 is 7.82 Å². The molecule has 3 atom stereocenters. The third-order valence-electron chi connectivity index (χ3n) is 12.3. The normalized spacial score (nSPS) is 14.1. The molecule has 0 spiro atoms. The van der Waals surface area contributed by atoms with Gasteiger partial charge in [0.1, 0.15) is 13.2 Å². The highest BCUT2D eigenvalue weighted by Crippen LogP contribution is 2.43. The average Bonchev–Trinajstić information content (AvgIpc) is 3.21. The first-order valence-corrected chi connectivity index (χ1v) is 28.1. The quantitative estimate of drug-likeness (QED) is 0.0243. The Morgan fingerprint density at radius 3 is 1.21 bits per heavy atom. The van der Waals surface area contributed by atoms with E-state index < -0.39 is 20.0 Å². The molecule has 3 unspecified atom stereocenters. The van der Waals surface area contributed by atoms with Crippen molar-refractivity contribution < 1.29 is 32.9 Å². The second kappa shape index (κ2) is 44.4. The minimum absolute atomic E-state index is 0.0649. The maximum absolute atomic E-state index is 12.9. The van der Waals surface area contributed by atoms with Crippen LogP contribution in [0.25, 0.3) is 0 Å². The van der Waals surface area contributed by atoms with E-state index in [1.165, 1.54) is 205 Å². The average molecular weight is 886 g/mol. The van der Waals surface area contributed by atoms with Crippen LogP contribution in [-0.4, -0.2) is 73.4 Å². The van der Waals surface area contributed by atoms with E-state index in [-0.39, 0.29) is 19.1 Å². The number of phosphoric acid groups is 1. The summed E-state index contributed by atoms with van der Waals surface area (Å²) in [5, 5.41) is 13.9. The Labute approximate surface area is 380 Å². The number of carbonyl (C=O) groups is 1. The van der Waals surface area contributed by atoms with Gasteiger partial charge in [-0.1, -0.05) is 251 Å². The van der Waals surface area contributed by atoms with Gasteiger partial charge in [0.25, 0.3) is 0 Å². The molecule has 0 aromatic heterocycles. The molecule has 0 aromatic rings. The van der Waals surface area contributed by atoms with Crippen LogP contribution < -0.4 is 5.32 Å². The molecule has 0 saturated heterocycles. The van der Waals surface area contributed by atoms with Crippen LogP contribution in [0.5, 0.6) is 0 Å². The van der Waals surface area contributed by atoms with Gasteiger partial charge in [-0.2, -0.15) is 0 Å². The number of rotatable bonds is 49. The van der Waals surface area contributed by atoms with E-state index in [2.05, 4.69) is 19.2 Å². The van der Waals surface area contributed by atoms with Gasteiger partial charge in [-0.25, -0.2) is 4.57 Å². The number of unbranched alkanes of at least 4 members (excludes halogenated alkanes) is 36. The number of quaternary nitrogens is 1. The Balaban J connectivity index is 4.15. The number of amides is 1. The molecular weight excluding hydrogens is 780 g/mol. The maximum Gasteiger partial charge on any atom is 0.472 e. The van der Waals surface area contributed by atoms with Gasteiger partial charge < -0.3 is 19.8 Å². The van der Waals surface area contributed by atoms with Crippen LogP contribution in [0.2, 0.25) is 0 Å². The minimum Gasteiger partial charge on any atom is -0.387 e. The van der Waals surface area contributed by atoms with Gasteiger partial charge in [-0.15, -0.1) is 0 Å². The number of allylic oxidation sites excluding steroid dienone is 1. The molecule has 0 bridgehead atoms. The predicted molar refractivity (Wildman–Crippen MR) is 263 cm³/mol. The van der Waals surface area contributed by atoms with Gasteiger partial charge in [-0.3, -0.25) is 13.8 Å². The zero-order valence-corrected chi connectivity index (χ0v) is 42.3. The highest BCUT2D eigenvalue weighted by Gasteiger charge is 2.27. The van der Waals surface area contributed by atoms with Crippen LogP contribution in [0.4, 0.5) is 0 Å². The first-order valence-electron chi connectivity index (χ1n) is 26.6. The maximum atomic E-state index is 12.9. The molecule has 0 aliphatic rings. The van der Waals surface area contributed by atoms with Crippen molar-refractivity contribution in [3.63, 3.8) is 0 Å². The molecule has 0 aliphatic heterocycles. The summed E-state index contributed by atoms with van der Waals surface area (Å²) >= 11 is 0. The summed E-state index contributed by atoms with van der Waals surface area (Å²) < 4.78 is 23.6. The van der Waals surface area contributed by atoms with E-state index in [9.17, 15) is 19.4 Å². The van der Waals surface area contributed by atoms with E-state index in [0.29, 0.717) is 17.4 Å². The summed E-state index contributed by atoms with van der Waals surface area (Å²) in [5.74, 6) is -0.171. The van der Waals surface area contributed by atoms with E-state index >= 15 is 0 Å². The zero-order chi connectivity index (χ0) is 45.0. The van der Waals surface area contributed by atoms with Crippen LogP contribution in [0, 0.1) is 0 Å². The number of aliphatic hydroxyl groups is 1. The number of likely N-dealkylation sites (N-methyl/N-ethyl adjacent to an activating group) is 1. The molecule has 9 heteroatoms. The molecule has 0 saturated carbocycles. The van der Waals surface area contributed by atoms with Gasteiger partial charge in [-0.05, 0) is 19.3 Å². The molecule has 0 rings (SSSR count). The largest absolute Gasteiger partial charge is 0.472 e. The van der Waals surface area contributed by atoms with E-state index in [1.54, 1.807) is 6.08 Å². The SMILES string of the molecule is CCCCCCCCCCCCCC/C=C/C(O)C(COP(=O)(O)OCC[N+](C)(C)C)NC(=O)CCCCCCCCCCCCCCCCCCCCCCCCCCC. The van der Waals surface area contributed by atoms with E-state index in [1.807, 2.05) is 27.2 Å². The number of nitrogens with zero attached hydrogens (tertiary/aromatic N) is 1. The molecule has 0 aromatic carbocycles. The number of aliphatic hydroxyl groups excluding tert-OH is 1. The predicted octanol–water partition coefficient (Wildman–Crippen LogP) is 15.5. The van der Waals surface area contributed by atoms with Crippen molar-refractivity contribution in [2.45, 2.75) is 276 Å². The molecule has 0 heterocycles. The number of hydrogen-bond acceptors (Lipinski definition) is 5. The second-order valence-corrected chi connectivity index (χ2v) is 21.1. The van der Waals surface area contributed by atoms with Crippen molar-refractivity contribution in [2.24, 2.45) is 0 Å². The van der Waals surface area contributed by atoms with Crippen molar-refractivity contribution >= 4 is 13.7 Å². The standard InChI is InChI=1S/C52H105N2O6P/c1-6-8-10-12-14-16-18-20-22-23-24-25-26-27-28-29-30-31-32-34-36-38-40-42-44-46-52(56)53-50(49-60-61(57,58)59-48-47-54(3,4)5)51(55)45-43-41-39-37-35-33-21-19-17-15-13-11-9-7-2/h43,45,50-51,55H,6-42,44,46-49H2,1-5H3,(H-,53,56,57,58)/p+1/b45-43+. The first kappa shape index (κ1) is 60.2. The molecule has 61 heavy (non-hydrogen) atoms. The highest BCUT2D eigenvalue weighted by molar-refractivity contribution is 7.47. The number of hydrogen-bond donors (Lipinski definition) is 3. The molecular formula is C52H106N2O6P+. The summed E-state index contributed by atoms with van der Waals surface area (Å²) in [7, 11) is 1.59. The summed E-state index contributed by atoms with van der Waals surface area (Å²) in [6, 6.07) is -0.840. The van der Waals surface area contributed by atoms with E-state index in [4.69, 9.17) is 9.05 Å². The lowest BCUT2D eigenvalue weighted by Gasteiger charge is -2.25. The lowest BCUT2D eigenvalue weighted by atomic mass is 10.0. The number of nitrogens with one attached hydrogen (secondary N) is 1. The second-order valence-electron chi connectivity index (χ2n) is 19.6. The Kier molecular flexibility index (Phi) is 43.9. The van der Waals surface area contributed by atoms with Crippen LogP contribution in [-0.2, 0) is 18.4 Å². The van der Waals surface area contributed by atoms with Crippen LogP contribution in [0.3, 0.4) is 0 Å². The minimum atomic E-state index is -4.34. The first-order chi connectivity index (χ1) is 29.5. The smallest absolute Gasteiger partial charge is 0.387 e. The highest BCUT2D eigenvalue weighted by atomic mass is 31.2. The fraction of sp³-hybridized carbons (Fsp3) is 0.942. The lowest BCUT2D eigenvalue weighted by Crippen LogP contribution is -2.45. The van der Waals surface area contributed by atoms with Crippen LogP contribution in [0.15, 0.2) is 12.2 Å². The molecule has 1 amide bonds. The van der Waals surface area contributed by atoms with Crippen molar-refractivity contribution in [1.82, 2.24) is 5.32 Å². The van der Waals surface area contributed by atoms with Gasteiger partial charge in [0.05, 0.1) is 39.9 Å². The topological polar surface area (TPSA) is 105 Å². The van der Waals surface area contributed by atoms with Gasteiger partial charge in [0.15, 0.2) is 0 Å². The number of carbonyl (C=O) groups excluding carboxylic acids is 1. The molecule has 364 valence electrons. The fourth-order valence-corrected chi connectivity index (χ4v) is 8.78. The summed E-state index contributed by atoms with van der Waals surface area (Å²) in [6.07, 6.45) is 53.0. The van der Waals surface area contributed by atoms with Crippen molar-refractivity contribution in [3.8, 4) is 0 Å². The summed E-state index contributed by atoms with van der Waals surface area (Å²) in [4.78, 5) is 23.2.